The van der Waals surface area contributed by atoms with E-state index in [2.05, 4.69) is 15.1 Å². The molecule has 2 aliphatic heterocycles. The van der Waals surface area contributed by atoms with E-state index in [1.165, 1.54) is 0 Å². The molecule has 2 heterocycles. The van der Waals surface area contributed by atoms with E-state index < -0.39 is 0 Å². The van der Waals surface area contributed by atoms with Gasteiger partial charge in [-0.3, -0.25) is 14.6 Å². The minimum Gasteiger partial charge on any atom is -0.493 e. The maximum Gasteiger partial charge on any atom is 0.234 e. The van der Waals surface area contributed by atoms with E-state index in [9.17, 15) is 4.79 Å². The molecule has 6 nitrogen and oxygen atoms in total. The predicted molar refractivity (Wildman–Crippen MR) is 92.2 cm³/mol. The van der Waals surface area contributed by atoms with Gasteiger partial charge in [-0.25, -0.2) is 0 Å². The van der Waals surface area contributed by atoms with Gasteiger partial charge in [0.25, 0.3) is 0 Å². The number of amides is 1. The minimum absolute atomic E-state index is 0.0606. The SMILES string of the molecule is COCCN1CCN(CC(=O)NC2CCOc3ccccc32)CC1. The third-order valence-corrected chi connectivity index (χ3v) is 4.74. The fourth-order valence-corrected chi connectivity index (χ4v) is 3.33. The molecule has 0 aliphatic carbocycles. The molecule has 132 valence electrons. The zero-order valence-corrected chi connectivity index (χ0v) is 14.4. The number of benzene rings is 1. The fraction of sp³-hybridized carbons (Fsp3) is 0.611. The van der Waals surface area contributed by atoms with E-state index >= 15 is 0 Å². The summed E-state index contributed by atoms with van der Waals surface area (Å²) in [5.74, 6) is 0.989. The molecule has 0 saturated carbocycles. The summed E-state index contributed by atoms with van der Waals surface area (Å²) in [6.07, 6.45) is 0.827. The molecule has 1 fully saturated rings. The molecular weight excluding hydrogens is 306 g/mol. The Morgan fingerprint density at radius 1 is 1.25 bits per heavy atom. The number of para-hydroxylation sites is 1. The highest BCUT2D eigenvalue weighted by molar-refractivity contribution is 5.78. The second kappa shape index (κ2) is 8.46. The Balaban J connectivity index is 1.46. The van der Waals surface area contributed by atoms with Gasteiger partial charge in [0.1, 0.15) is 5.75 Å². The molecule has 2 aliphatic rings. The van der Waals surface area contributed by atoms with Gasteiger partial charge in [-0.15, -0.1) is 0 Å². The Morgan fingerprint density at radius 3 is 2.79 bits per heavy atom. The highest BCUT2D eigenvalue weighted by atomic mass is 16.5. The Morgan fingerprint density at radius 2 is 2.00 bits per heavy atom. The number of hydrogen-bond acceptors (Lipinski definition) is 5. The van der Waals surface area contributed by atoms with E-state index in [1.807, 2.05) is 24.3 Å². The van der Waals surface area contributed by atoms with Crippen LogP contribution in [0.25, 0.3) is 0 Å². The van der Waals surface area contributed by atoms with Crippen LogP contribution >= 0.6 is 0 Å². The van der Waals surface area contributed by atoms with Crippen molar-refractivity contribution < 1.29 is 14.3 Å². The molecule has 0 radical (unpaired) electrons. The summed E-state index contributed by atoms with van der Waals surface area (Å²) in [5.41, 5.74) is 1.08. The molecule has 1 aromatic rings. The molecule has 3 rings (SSSR count). The number of ether oxygens (including phenoxy) is 2. The molecule has 0 aromatic heterocycles. The highest BCUT2D eigenvalue weighted by Gasteiger charge is 2.24. The fourth-order valence-electron chi connectivity index (χ4n) is 3.33. The van der Waals surface area contributed by atoms with Crippen LogP contribution < -0.4 is 10.1 Å². The van der Waals surface area contributed by atoms with Gasteiger partial charge in [0, 0.05) is 51.8 Å². The van der Waals surface area contributed by atoms with Crippen molar-refractivity contribution in [1.82, 2.24) is 15.1 Å². The van der Waals surface area contributed by atoms with Gasteiger partial charge >= 0.3 is 0 Å². The monoisotopic (exact) mass is 333 g/mol. The van der Waals surface area contributed by atoms with E-state index in [4.69, 9.17) is 9.47 Å². The van der Waals surface area contributed by atoms with Crippen LogP contribution in [0, 0.1) is 0 Å². The zero-order chi connectivity index (χ0) is 16.8. The summed E-state index contributed by atoms with van der Waals surface area (Å²) in [5, 5.41) is 3.17. The van der Waals surface area contributed by atoms with E-state index in [0.29, 0.717) is 13.2 Å². The van der Waals surface area contributed by atoms with Crippen molar-refractivity contribution in [3.05, 3.63) is 29.8 Å². The first-order valence-corrected chi connectivity index (χ1v) is 8.71. The molecule has 1 unspecified atom stereocenters. The smallest absolute Gasteiger partial charge is 0.234 e. The van der Waals surface area contributed by atoms with Gasteiger partial charge in [0.2, 0.25) is 5.91 Å². The first kappa shape index (κ1) is 17.2. The summed E-state index contributed by atoms with van der Waals surface area (Å²) in [4.78, 5) is 17.0. The molecule has 0 spiro atoms. The first-order valence-electron chi connectivity index (χ1n) is 8.71. The lowest BCUT2D eigenvalue weighted by atomic mass is 10.0. The number of nitrogens with zero attached hydrogens (tertiary/aromatic N) is 2. The molecule has 1 aromatic carbocycles. The molecule has 1 atom stereocenters. The third-order valence-electron chi connectivity index (χ3n) is 4.74. The largest absolute Gasteiger partial charge is 0.493 e. The Kier molecular flexibility index (Phi) is 6.07. The number of rotatable bonds is 6. The van der Waals surface area contributed by atoms with E-state index in [0.717, 1.165) is 57.1 Å². The average Bonchev–Trinajstić information content (AvgIpc) is 2.61. The van der Waals surface area contributed by atoms with E-state index in [-0.39, 0.29) is 11.9 Å². The maximum absolute atomic E-state index is 12.4. The van der Waals surface area contributed by atoms with Gasteiger partial charge in [-0.05, 0) is 6.07 Å². The summed E-state index contributed by atoms with van der Waals surface area (Å²) < 4.78 is 10.8. The number of hydrogen-bond donors (Lipinski definition) is 1. The number of carbonyl (C=O) groups excluding carboxylic acids is 1. The Hall–Kier alpha value is -1.63. The summed E-state index contributed by atoms with van der Waals surface area (Å²) >= 11 is 0. The number of fused-ring (bicyclic) bond motifs is 1. The van der Waals surface area contributed by atoms with Gasteiger partial charge in [-0.2, -0.15) is 0 Å². The van der Waals surface area contributed by atoms with Crippen molar-refractivity contribution in [1.29, 1.82) is 0 Å². The predicted octanol–water partition coefficient (Wildman–Crippen LogP) is 0.890. The first-order chi connectivity index (χ1) is 11.8. The van der Waals surface area contributed by atoms with Crippen LogP contribution in [0.15, 0.2) is 24.3 Å². The number of nitrogens with one attached hydrogen (secondary N) is 1. The van der Waals surface area contributed by atoms with Crippen molar-refractivity contribution in [2.24, 2.45) is 0 Å². The van der Waals surface area contributed by atoms with E-state index in [1.54, 1.807) is 7.11 Å². The summed E-state index contributed by atoms with van der Waals surface area (Å²) in [6, 6.07) is 8.02. The van der Waals surface area contributed by atoms with Crippen molar-refractivity contribution in [3.8, 4) is 5.75 Å². The highest BCUT2D eigenvalue weighted by Crippen LogP contribution is 2.31. The Labute approximate surface area is 143 Å². The van der Waals surface area contributed by atoms with Crippen molar-refractivity contribution in [2.45, 2.75) is 12.5 Å². The van der Waals surface area contributed by atoms with Gasteiger partial charge < -0.3 is 14.8 Å². The molecule has 1 amide bonds. The molecule has 6 heteroatoms. The lowest BCUT2D eigenvalue weighted by Crippen LogP contribution is -2.50. The van der Waals surface area contributed by atoms with Crippen LogP contribution in [0.3, 0.4) is 0 Å². The van der Waals surface area contributed by atoms with Gasteiger partial charge in [0.05, 0.1) is 25.8 Å². The van der Waals surface area contributed by atoms with Crippen LogP contribution in [0.2, 0.25) is 0 Å². The van der Waals surface area contributed by atoms with Gasteiger partial charge in [0.15, 0.2) is 0 Å². The zero-order valence-electron chi connectivity index (χ0n) is 14.4. The summed E-state index contributed by atoms with van der Waals surface area (Å²) in [6.45, 7) is 6.72. The molecular formula is C18H27N3O3. The Bertz CT molecular complexity index is 544. The van der Waals surface area contributed by atoms with Crippen LogP contribution in [0.5, 0.6) is 5.75 Å². The van der Waals surface area contributed by atoms with Crippen molar-refractivity contribution in [3.63, 3.8) is 0 Å². The van der Waals surface area contributed by atoms with Crippen LogP contribution in [0.1, 0.15) is 18.0 Å². The number of methoxy groups -OCH3 is 1. The molecule has 24 heavy (non-hydrogen) atoms. The van der Waals surface area contributed by atoms with Gasteiger partial charge in [-0.1, -0.05) is 18.2 Å². The van der Waals surface area contributed by atoms with Crippen molar-refractivity contribution >= 4 is 5.91 Å². The second-order valence-electron chi connectivity index (χ2n) is 6.41. The maximum atomic E-state index is 12.4. The van der Waals surface area contributed by atoms with Crippen molar-refractivity contribution in [2.75, 3.05) is 59.6 Å². The third kappa shape index (κ3) is 4.47. The topological polar surface area (TPSA) is 54.0 Å². The van der Waals surface area contributed by atoms with Crippen LogP contribution in [-0.2, 0) is 9.53 Å². The quantitative estimate of drug-likeness (QED) is 0.838. The molecule has 1 saturated heterocycles. The number of carbonyl (C=O) groups is 1. The average molecular weight is 333 g/mol. The van der Waals surface area contributed by atoms with Crippen LogP contribution in [0.4, 0.5) is 0 Å². The lowest BCUT2D eigenvalue weighted by Gasteiger charge is -2.34. The summed E-state index contributed by atoms with van der Waals surface area (Å²) in [7, 11) is 1.73. The van der Waals surface area contributed by atoms with Crippen LogP contribution in [-0.4, -0.2) is 75.3 Å². The number of piperazine rings is 1. The normalized spacial score (nSPS) is 21.8. The lowest BCUT2D eigenvalue weighted by molar-refractivity contribution is -0.123. The standard InChI is InChI=1S/C18H27N3O3/c1-23-13-11-20-7-9-21(10-8-20)14-18(22)19-16-6-12-24-17-5-3-2-4-15(16)17/h2-5,16H,6-14H2,1H3,(H,19,22). The molecule has 0 bridgehead atoms. The molecule has 1 N–H and O–H groups in total. The second-order valence-corrected chi connectivity index (χ2v) is 6.41. The minimum atomic E-state index is 0.0606.